The number of H-pyrrole nitrogens is 1. The summed E-state index contributed by atoms with van der Waals surface area (Å²) in [6.07, 6.45) is -1.21. The molecule has 1 aromatic rings. The van der Waals surface area contributed by atoms with Crippen molar-refractivity contribution in [3.8, 4) is 0 Å². The monoisotopic (exact) mass is 284 g/mol. The van der Waals surface area contributed by atoms with Crippen molar-refractivity contribution in [2.75, 3.05) is 6.61 Å². The topological polar surface area (TPSA) is 117 Å². The van der Waals surface area contributed by atoms with Gasteiger partial charge in [-0.1, -0.05) is 0 Å². The van der Waals surface area contributed by atoms with Gasteiger partial charge >= 0.3 is 5.69 Å². The van der Waals surface area contributed by atoms with Crippen LogP contribution in [0.2, 0.25) is 0 Å². The van der Waals surface area contributed by atoms with Crippen LogP contribution in [0.5, 0.6) is 0 Å². The van der Waals surface area contributed by atoms with Crippen LogP contribution < -0.4 is 11.2 Å². The zero-order chi connectivity index (χ0) is 14.4. The summed E-state index contributed by atoms with van der Waals surface area (Å²) in [5.41, 5.74) is -0.651. The van der Waals surface area contributed by atoms with E-state index in [1.165, 1.54) is 10.8 Å². The van der Waals surface area contributed by atoms with Gasteiger partial charge in [-0.2, -0.15) is 0 Å². The smallest absolute Gasteiger partial charge is 0.330 e. The molecule has 3 N–H and O–H groups in total. The number of epoxide rings is 1. The lowest BCUT2D eigenvalue weighted by Gasteiger charge is -2.25. The molecule has 0 radical (unpaired) electrons. The maximum absolute atomic E-state index is 11.9. The fourth-order valence-corrected chi connectivity index (χ4v) is 2.52. The summed E-state index contributed by atoms with van der Waals surface area (Å²) in [7, 11) is 0. The van der Waals surface area contributed by atoms with Crippen LogP contribution in [0.4, 0.5) is 0 Å². The Balaban J connectivity index is 1.95. The van der Waals surface area contributed by atoms with E-state index in [0.717, 1.165) is 0 Å². The Morgan fingerprint density at radius 1 is 1.45 bits per heavy atom. The Bertz CT molecular complexity index is 623. The fraction of sp³-hybridized carbons (Fsp3) is 0.667. The molecule has 0 amide bonds. The summed E-state index contributed by atoms with van der Waals surface area (Å²) in [5.74, 6) is 0. The van der Waals surface area contributed by atoms with Gasteiger partial charge in [0.2, 0.25) is 0 Å². The highest BCUT2D eigenvalue weighted by atomic mass is 16.6. The van der Waals surface area contributed by atoms with E-state index in [9.17, 15) is 19.8 Å². The standard InChI is InChI=1S/C12H16N2O6/c1-5-3-14(12(18)13-11(5)17)8-2-6-10(20-6)9(16)7(4-15)19-8/h3,6-10,15-16H,2,4H2,1H3,(H,13,17,18)/t6-,7-,8?,9-,10-/m1/s1. The lowest BCUT2D eigenvalue weighted by atomic mass is 10.1. The van der Waals surface area contributed by atoms with Crippen LogP contribution in [0.15, 0.2) is 15.8 Å². The third kappa shape index (κ3) is 2.20. The molecular formula is C12H16N2O6. The minimum absolute atomic E-state index is 0.203. The van der Waals surface area contributed by atoms with Crippen molar-refractivity contribution in [2.24, 2.45) is 0 Å². The highest BCUT2D eigenvalue weighted by Gasteiger charge is 2.52. The fourth-order valence-electron chi connectivity index (χ4n) is 2.52. The zero-order valence-electron chi connectivity index (χ0n) is 10.9. The van der Waals surface area contributed by atoms with E-state index < -0.39 is 29.7 Å². The second-order valence-electron chi connectivity index (χ2n) is 5.16. The van der Waals surface area contributed by atoms with Crippen molar-refractivity contribution in [3.63, 3.8) is 0 Å². The van der Waals surface area contributed by atoms with Gasteiger partial charge in [-0.25, -0.2) is 4.79 Å². The summed E-state index contributed by atoms with van der Waals surface area (Å²) < 4.78 is 12.2. The van der Waals surface area contributed by atoms with Crippen LogP contribution in [0, 0.1) is 6.92 Å². The molecule has 5 atom stereocenters. The molecule has 0 bridgehead atoms. The molecule has 3 rings (SSSR count). The van der Waals surface area contributed by atoms with Crippen LogP contribution in [0.1, 0.15) is 18.2 Å². The van der Waals surface area contributed by atoms with Gasteiger partial charge in [-0.05, 0) is 6.92 Å². The van der Waals surface area contributed by atoms with Crippen LogP contribution in [0.25, 0.3) is 0 Å². The Morgan fingerprint density at radius 3 is 2.90 bits per heavy atom. The largest absolute Gasteiger partial charge is 0.394 e. The quantitative estimate of drug-likeness (QED) is 0.555. The molecule has 0 spiro atoms. The first-order valence-corrected chi connectivity index (χ1v) is 6.43. The molecule has 0 aliphatic carbocycles. The van der Waals surface area contributed by atoms with E-state index in [4.69, 9.17) is 9.47 Å². The minimum Gasteiger partial charge on any atom is -0.394 e. The molecule has 8 nitrogen and oxygen atoms in total. The summed E-state index contributed by atoms with van der Waals surface area (Å²) in [6.45, 7) is 1.21. The zero-order valence-corrected chi connectivity index (χ0v) is 10.9. The number of aromatic nitrogens is 2. The Labute approximate surface area is 113 Å². The predicted molar refractivity (Wildman–Crippen MR) is 66.3 cm³/mol. The van der Waals surface area contributed by atoms with Crippen molar-refractivity contribution in [3.05, 3.63) is 32.6 Å². The Morgan fingerprint density at radius 2 is 2.20 bits per heavy atom. The number of fused-ring (bicyclic) bond motifs is 1. The van der Waals surface area contributed by atoms with Gasteiger partial charge in [0.25, 0.3) is 5.56 Å². The Kier molecular flexibility index (Phi) is 3.25. The minimum atomic E-state index is -0.922. The summed E-state index contributed by atoms with van der Waals surface area (Å²) in [4.78, 5) is 25.4. The summed E-state index contributed by atoms with van der Waals surface area (Å²) in [6, 6.07) is 0. The normalized spacial score (nSPS) is 36.2. The molecule has 2 aliphatic rings. The van der Waals surface area contributed by atoms with Crippen molar-refractivity contribution >= 4 is 0 Å². The van der Waals surface area contributed by atoms with Crippen LogP contribution in [-0.2, 0) is 9.47 Å². The number of aliphatic hydroxyl groups excluding tert-OH is 2. The predicted octanol–water partition coefficient (Wildman–Crippen LogP) is -1.75. The van der Waals surface area contributed by atoms with E-state index in [0.29, 0.717) is 12.0 Å². The second kappa shape index (κ2) is 4.81. The number of rotatable bonds is 2. The number of hydrogen-bond donors (Lipinski definition) is 3. The SMILES string of the molecule is Cc1cn(C2C[C@H]3O[C@H]3[C@H](O)[C@@H](CO)O2)c(=O)[nH]c1=O. The van der Waals surface area contributed by atoms with E-state index in [-0.39, 0.29) is 18.8 Å². The van der Waals surface area contributed by atoms with Gasteiger partial charge in [0, 0.05) is 18.2 Å². The number of aromatic amines is 1. The molecule has 0 saturated carbocycles. The van der Waals surface area contributed by atoms with E-state index in [1.807, 2.05) is 0 Å². The Hall–Kier alpha value is -1.48. The highest BCUT2D eigenvalue weighted by Crippen LogP contribution is 2.38. The number of aryl methyl sites for hydroxylation is 1. The molecule has 20 heavy (non-hydrogen) atoms. The van der Waals surface area contributed by atoms with Crippen molar-refractivity contribution < 1.29 is 19.7 Å². The molecule has 3 heterocycles. The molecular weight excluding hydrogens is 268 g/mol. The number of nitrogens with one attached hydrogen (secondary N) is 1. The molecule has 2 saturated heterocycles. The average Bonchev–Trinajstić information content (AvgIpc) is 3.17. The first kappa shape index (κ1) is 13.5. The molecule has 2 aliphatic heterocycles. The summed E-state index contributed by atoms with van der Waals surface area (Å²) in [5, 5.41) is 19.2. The van der Waals surface area contributed by atoms with E-state index in [1.54, 1.807) is 6.92 Å². The van der Waals surface area contributed by atoms with Gasteiger partial charge in [-0.3, -0.25) is 14.3 Å². The lowest BCUT2D eigenvalue weighted by molar-refractivity contribution is -0.129. The molecule has 8 heteroatoms. The molecule has 1 aromatic heterocycles. The number of nitrogens with zero attached hydrogens (tertiary/aromatic N) is 1. The van der Waals surface area contributed by atoms with Gasteiger partial charge < -0.3 is 19.7 Å². The maximum Gasteiger partial charge on any atom is 0.330 e. The number of aliphatic hydroxyl groups is 2. The van der Waals surface area contributed by atoms with Crippen molar-refractivity contribution in [1.29, 1.82) is 0 Å². The van der Waals surface area contributed by atoms with Gasteiger partial charge in [0.15, 0.2) is 0 Å². The molecule has 110 valence electrons. The van der Waals surface area contributed by atoms with Crippen molar-refractivity contribution in [2.45, 2.75) is 44.0 Å². The van der Waals surface area contributed by atoms with Crippen molar-refractivity contribution in [1.82, 2.24) is 9.55 Å². The third-order valence-electron chi connectivity index (χ3n) is 3.74. The average molecular weight is 284 g/mol. The third-order valence-corrected chi connectivity index (χ3v) is 3.74. The number of hydrogen-bond acceptors (Lipinski definition) is 6. The van der Waals surface area contributed by atoms with Gasteiger partial charge in [0.05, 0.1) is 12.7 Å². The lowest BCUT2D eigenvalue weighted by Crippen LogP contribution is -2.39. The van der Waals surface area contributed by atoms with Crippen LogP contribution in [0.3, 0.4) is 0 Å². The molecule has 1 unspecified atom stereocenters. The molecule has 0 aromatic carbocycles. The highest BCUT2D eigenvalue weighted by molar-refractivity contribution is 5.03. The number of ether oxygens (including phenoxy) is 2. The van der Waals surface area contributed by atoms with Crippen LogP contribution in [-0.4, -0.2) is 50.8 Å². The molecule has 2 fully saturated rings. The van der Waals surface area contributed by atoms with E-state index >= 15 is 0 Å². The maximum atomic E-state index is 11.9. The first-order valence-electron chi connectivity index (χ1n) is 6.43. The second-order valence-corrected chi connectivity index (χ2v) is 5.16. The van der Waals surface area contributed by atoms with Gasteiger partial charge in [0.1, 0.15) is 24.5 Å². The summed E-state index contributed by atoms with van der Waals surface area (Å²) >= 11 is 0. The van der Waals surface area contributed by atoms with Crippen LogP contribution >= 0.6 is 0 Å². The van der Waals surface area contributed by atoms with Gasteiger partial charge in [-0.15, -0.1) is 0 Å². The van der Waals surface area contributed by atoms with E-state index in [2.05, 4.69) is 4.98 Å². The first-order chi connectivity index (χ1) is 9.51.